The quantitative estimate of drug-likeness (QED) is 0.750. The van der Waals surface area contributed by atoms with Crippen molar-refractivity contribution in [1.29, 1.82) is 0 Å². The number of rotatable bonds is 3. The second kappa shape index (κ2) is 4.42. The van der Waals surface area contributed by atoms with Crippen LogP contribution in [0.5, 0.6) is 0 Å². The highest BCUT2D eigenvalue weighted by atomic mass is 32.1. The van der Waals surface area contributed by atoms with E-state index in [9.17, 15) is 0 Å². The molecule has 1 fully saturated rings. The molecule has 1 aliphatic carbocycles. The van der Waals surface area contributed by atoms with Crippen LogP contribution in [-0.2, 0) is 0 Å². The van der Waals surface area contributed by atoms with Crippen molar-refractivity contribution in [2.75, 3.05) is 5.73 Å². The Morgan fingerprint density at radius 1 is 1.25 bits per heavy atom. The molecule has 5 nitrogen and oxygen atoms in total. The van der Waals surface area contributed by atoms with Gasteiger partial charge in [0.1, 0.15) is 5.82 Å². The summed E-state index contributed by atoms with van der Waals surface area (Å²) in [5.74, 6) is 1.53. The van der Waals surface area contributed by atoms with E-state index >= 15 is 0 Å². The number of benzene rings is 1. The zero-order chi connectivity index (χ0) is 13.5. The van der Waals surface area contributed by atoms with Crippen LogP contribution in [0.3, 0.4) is 0 Å². The van der Waals surface area contributed by atoms with Crippen LogP contribution in [-0.4, -0.2) is 19.1 Å². The molecule has 1 aromatic carbocycles. The molecule has 1 saturated carbocycles. The Morgan fingerprint density at radius 2 is 2.10 bits per heavy atom. The van der Waals surface area contributed by atoms with Gasteiger partial charge in [-0.1, -0.05) is 18.2 Å². The molecule has 1 aliphatic rings. The third-order valence-corrected chi connectivity index (χ3v) is 4.14. The van der Waals surface area contributed by atoms with Crippen molar-refractivity contribution in [2.45, 2.75) is 18.8 Å². The van der Waals surface area contributed by atoms with Gasteiger partial charge in [-0.25, -0.2) is 9.67 Å². The van der Waals surface area contributed by atoms with Gasteiger partial charge in [-0.05, 0) is 18.9 Å². The monoisotopic (exact) mass is 283 g/mol. The predicted molar refractivity (Wildman–Crippen MR) is 78.9 cm³/mol. The Labute approximate surface area is 120 Å². The van der Waals surface area contributed by atoms with Gasteiger partial charge in [0, 0.05) is 40.5 Å². The Balaban J connectivity index is 1.68. The fraction of sp³-hybridized carbons (Fsp3) is 0.214. The molecule has 0 atom stereocenters. The average molecular weight is 283 g/mol. The van der Waals surface area contributed by atoms with E-state index in [0.717, 1.165) is 27.8 Å². The summed E-state index contributed by atoms with van der Waals surface area (Å²) in [6, 6.07) is 7.78. The molecule has 2 aromatic heterocycles. The van der Waals surface area contributed by atoms with Crippen molar-refractivity contribution in [2.24, 2.45) is 0 Å². The number of para-hydroxylation sites is 1. The minimum absolute atomic E-state index is 0.569. The molecule has 3 aromatic rings. The largest absolute Gasteiger partial charge is 0.398 e. The van der Waals surface area contributed by atoms with Crippen LogP contribution < -0.4 is 5.73 Å². The van der Waals surface area contributed by atoms with E-state index in [1.807, 2.05) is 36.7 Å². The highest BCUT2D eigenvalue weighted by Crippen LogP contribution is 2.39. The number of anilines is 1. The predicted octanol–water partition coefficient (Wildman–Crippen LogP) is 2.85. The Kier molecular flexibility index (Phi) is 2.56. The SMILES string of the molecule is Nc1ccccc1-c1cnn(-c2nc(C3CC3)ns2)c1. The van der Waals surface area contributed by atoms with Crippen molar-refractivity contribution in [3.05, 3.63) is 42.5 Å². The second-order valence-corrected chi connectivity index (χ2v) is 5.70. The van der Waals surface area contributed by atoms with Crippen LogP contribution in [0.1, 0.15) is 24.6 Å². The molecule has 0 aliphatic heterocycles. The third kappa shape index (κ3) is 1.98. The first-order valence-electron chi connectivity index (χ1n) is 6.55. The first-order chi connectivity index (χ1) is 9.81. The van der Waals surface area contributed by atoms with Crippen molar-refractivity contribution in [3.8, 4) is 16.3 Å². The maximum Gasteiger partial charge on any atom is 0.230 e. The number of nitrogen functional groups attached to an aromatic ring is 1. The minimum Gasteiger partial charge on any atom is -0.398 e. The molecule has 2 N–H and O–H groups in total. The number of hydrogen-bond donors (Lipinski definition) is 1. The van der Waals surface area contributed by atoms with E-state index in [0.29, 0.717) is 5.92 Å². The van der Waals surface area contributed by atoms with E-state index in [1.165, 1.54) is 24.4 Å². The summed E-state index contributed by atoms with van der Waals surface area (Å²) < 4.78 is 6.17. The molecule has 0 radical (unpaired) electrons. The smallest absolute Gasteiger partial charge is 0.230 e. The van der Waals surface area contributed by atoms with Crippen molar-refractivity contribution in [1.82, 2.24) is 19.1 Å². The van der Waals surface area contributed by atoms with E-state index in [1.54, 1.807) is 4.68 Å². The van der Waals surface area contributed by atoms with Crippen LogP contribution in [0.4, 0.5) is 5.69 Å². The van der Waals surface area contributed by atoms with Gasteiger partial charge >= 0.3 is 0 Å². The first-order valence-corrected chi connectivity index (χ1v) is 7.32. The molecular weight excluding hydrogens is 270 g/mol. The third-order valence-electron chi connectivity index (χ3n) is 3.42. The van der Waals surface area contributed by atoms with Gasteiger partial charge in [0.15, 0.2) is 0 Å². The topological polar surface area (TPSA) is 69.6 Å². The standard InChI is InChI=1S/C14H13N5S/c15-12-4-2-1-3-11(12)10-7-16-19(8-10)14-17-13(18-20-14)9-5-6-9/h1-4,7-9H,5-6,15H2. The molecule has 0 bridgehead atoms. The molecule has 0 spiro atoms. The van der Waals surface area contributed by atoms with Gasteiger partial charge in [0.2, 0.25) is 5.13 Å². The van der Waals surface area contributed by atoms with Gasteiger partial charge in [-0.3, -0.25) is 0 Å². The van der Waals surface area contributed by atoms with Gasteiger partial charge in [0.25, 0.3) is 0 Å². The van der Waals surface area contributed by atoms with E-state index < -0.39 is 0 Å². The van der Waals surface area contributed by atoms with Crippen LogP contribution in [0.15, 0.2) is 36.7 Å². The molecule has 0 amide bonds. The lowest BCUT2D eigenvalue weighted by Gasteiger charge is -2.00. The Morgan fingerprint density at radius 3 is 2.90 bits per heavy atom. The summed E-state index contributed by atoms with van der Waals surface area (Å²) >= 11 is 1.39. The summed E-state index contributed by atoms with van der Waals surface area (Å²) in [6.45, 7) is 0. The fourth-order valence-corrected chi connectivity index (χ4v) is 2.84. The van der Waals surface area contributed by atoms with Crippen molar-refractivity contribution in [3.63, 3.8) is 0 Å². The summed E-state index contributed by atoms with van der Waals surface area (Å²) in [4.78, 5) is 4.55. The lowest BCUT2D eigenvalue weighted by Crippen LogP contribution is -1.93. The van der Waals surface area contributed by atoms with E-state index in [4.69, 9.17) is 5.73 Å². The van der Waals surface area contributed by atoms with Gasteiger partial charge < -0.3 is 5.73 Å². The highest BCUT2D eigenvalue weighted by molar-refractivity contribution is 7.08. The fourth-order valence-electron chi connectivity index (χ4n) is 2.15. The zero-order valence-electron chi connectivity index (χ0n) is 10.7. The van der Waals surface area contributed by atoms with Gasteiger partial charge in [0.05, 0.1) is 6.20 Å². The molecule has 20 heavy (non-hydrogen) atoms. The maximum absolute atomic E-state index is 5.99. The van der Waals surface area contributed by atoms with Gasteiger partial charge in [-0.2, -0.15) is 9.47 Å². The summed E-state index contributed by atoms with van der Waals surface area (Å²) in [5.41, 5.74) is 8.73. The second-order valence-electron chi connectivity index (χ2n) is 4.97. The average Bonchev–Trinajstić information content (AvgIpc) is 3.01. The highest BCUT2D eigenvalue weighted by Gasteiger charge is 2.28. The molecule has 100 valence electrons. The van der Waals surface area contributed by atoms with Crippen LogP contribution in [0, 0.1) is 0 Å². The van der Waals surface area contributed by atoms with Crippen LogP contribution in [0.25, 0.3) is 16.3 Å². The van der Waals surface area contributed by atoms with E-state index in [-0.39, 0.29) is 0 Å². The Bertz CT molecular complexity index is 756. The van der Waals surface area contributed by atoms with Crippen molar-refractivity contribution < 1.29 is 0 Å². The number of nitrogens with two attached hydrogens (primary N) is 1. The first kappa shape index (κ1) is 11.6. The lowest BCUT2D eigenvalue weighted by molar-refractivity contribution is 0.852. The normalized spacial score (nSPS) is 14.6. The number of nitrogens with zero attached hydrogens (tertiary/aromatic N) is 4. The minimum atomic E-state index is 0.569. The number of hydrogen-bond acceptors (Lipinski definition) is 5. The summed E-state index contributed by atoms with van der Waals surface area (Å²) in [6.07, 6.45) is 6.18. The Hall–Kier alpha value is -2.21. The van der Waals surface area contributed by atoms with Crippen molar-refractivity contribution >= 4 is 17.2 Å². The zero-order valence-corrected chi connectivity index (χ0v) is 11.5. The molecule has 0 saturated heterocycles. The van der Waals surface area contributed by atoms with E-state index in [2.05, 4.69) is 14.5 Å². The maximum atomic E-state index is 5.99. The number of aromatic nitrogens is 4. The molecule has 2 heterocycles. The summed E-state index contributed by atoms with van der Waals surface area (Å²) in [5, 5.41) is 5.18. The van der Waals surface area contributed by atoms with Gasteiger partial charge in [-0.15, -0.1) is 0 Å². The lowest BCUT2D eigenvalue weighted by atomic mass is 10.1. The van der Waals surface area contributed by atoms with Crippen LogP contribution >= 0.6 is 11.5 Å². The molecule has 4 rings (SSSR count). The van der Waals surface area contributed by atoms with Crippen LogP contribution in [0.2, 0.25) is 0 Å². The summed E-state index contributed by atoms with van der Waals surface area (Å²) in [7, 11) is 0. The molecular formula is C14H13N5S. The molecule has 6 heteroatoms. The molecule has 0 unspecified atom stereocenters.